The van der Waals surface area contributed by atoms with Gasteiger partial charge >= 0.3 is 12.2 Å². The quantitative estimate of drug-likeness (QED) is 0.357. The summed E-state index contributed by atoms with van der Waals surface area (Å²) in [7, 11) is 0. The number of amides is 3. The molecule has 3 amide bonds. The molecule has 1 aliphatic rings. The van der Waals surface area contributed by atoms with E-state index >= 15 is 0 Å². The molecule has 9 nitrogen and oxygen atoms in total. The molecule has 0 unspecified atom stereocenters. The van der Waals surface area contributed by atoms with Crippen LogP contribution < -0.4 is 16.6 Å². The highest BCUT2D eigenvalue weighted by molar-refractivity contribution is 5.85. The van der Waals surface area contributed by atoms with Crippen LogP contribution in [0.25, 0.3) is 0 Å². The van der Waals surface area contributed by atoms with E-state index in [2.05, 4.69) is 5.32 Å². The summed E-state index contributed by atoms with van der Waals surface area (Å²) in [5, 5.41) is 11.8. The molecule has 0 aliphatic carbocycles. The molecule has 1 fully saturated rings. The molecule has 1 aromatic rings. The van der Waals surface area contributed by atoms with E-state index in [0.717, 1.165) is 10.5 Å². The van der Waals surface area contributed by atoms with Crippen molar-refractivity contribution in [1.82, 2.24) is 15.6 Å². The van der Waals surface area contributed by atoms with Gasteiger partial charge in [-0.15, -0.1) is 0 Å². The number of nitrogens with zero attached hydrogens (tertiary/aromatic N) is 1. The third-order valence-electron chi connectivity index (χ3n) is 3.81. The lowest BCUT2D eigenvalue weighted by molar-refractivity contribution is -0.127. The van der Waals surface area contributed by atoms with Crippen LogP contribution in [0.15, 0.2) is 30.3 Å². The van der Waals surface area contributed by atoms with E-state index in [1.165, 1.54) is 0 Å². The zero-order valence-electron chi connectivity index (χ0n) is 13.0. The Hall–Kier alpha value is -2.81. The summed E-state index contributed by atoms with van der Waals surface area (Å²) in [4.78, 5) is 35.7. The number of ether oxygens (including phenoxy) is 1. The summed E-state index contributed by atoms with van der Waals surface area (Å²) in [6, 6.07) is 7.92. The number of nitrogens with two attached hydrogens (primary N) is 1. The number of likely N-dealkylation sites (tertiary alicyclic amines) is 1. The second-order valence-electron chi connectivity index (χ2n) is 5.44. The largest absolute Gasteiger partial charge is 0.465 e. The summed E-state index contributed by atoms with van der Waals surface area (Å²) in [5.74, 6) is 4.50. The fourth-order valence-corrected chi connectivity index (χ4v) is 2.60. The average Bonchev–Trinajstić information content (AvgIpc) is 2.60. The topological polar surface area (TPSA) is 134 Å². The first-order chi connectivity index (χ1) is 11.5. The molecule has 0 bridgehead atoms. The number of benzene rings is 1. The third-order valence-corrected chi connectivity index (χ3v) is 3.81. The number of carbonyl (C=O) groups excluding carboxylic acids is 2. The molecule has 1 heterocycles. The van der Waals surface area contributed by atoms with Crippen molar-refractivity contribution >= 4 is 18.1 Å². The van der Waals surface area contributed by atoms with Gasteiger partial charge in [0.2, 0.25) is 0 Å². The highest BCUT2D eigenvalue weighted by atomic mass is 16.5. The maximum atomic E-state index is 11.8. The predicted molar refractivity (Wildman–Crippen MR) is 83.6 cm³/mol. The van der Waals surface area contributed by atoms with E-state index in [1.807, 2.05) is 35.8 Å². The minimum Gasteiger partial charge on any atom is -0.465 e. The van der Waals surface area contributed by atoms with E-state index in [1.54, 1.807) is 0 Å². The Kier molecular flexibility index (Phi) is 5.96. The fraction of sp³-hybridized carbons (Fsp3) is 0.400. The molecule has 130 valence electrons. The molecule has 2 atom stereocenters. The van der Waals surface area contributed by atoms with Gasteiger partial charge in [0.05, 0.1) is 6.04 Å². The van der Waals surface area contributed by atoms with Gasteiger partial charge in [-0.1, -0.05) is 30.3 Å². The number of carbonyl (C=O) groups is 3. The summed E-state index contributed by atoms with van der Waals surface area (Å²) in [6.45, 7) is 0.119. The highest BCUT2D eigenvalue weighted by Gasteiger charge is 2.36. The molecule has 24 heavy (non-hydrogen) atoms. The van der Waals surface area contributed by atoms with Crippen molar-refractivity contribution in [2.75, 3.05) is 6.54 Å². The minimum atomic E-state index is -1.24. The monoisotopic (exact) mass is 336 g/mol. The van der Waals surface area contributed by atoms with Gasteiger partial charge in [-0.3, -0.25) is 15.1 Å². The van der Waals surface area contributed by atoms with Gasteiger partial charge in [-0.2, -0.15) is 0 Å². The number of rotatable bonds is 4. The summed E-state index contributed by atoms with van der Waals surface area (Å²) < 4.78 is 5.11. The molecule has 0 aromatic heterocycles. The molecule has 2 rings (SSSR count). The van der Waals surface area contributed by atoms with Crippen LogP contribution in [-0.2, 0) is 16.1 Å². The Bertz CT molecular complexity index is 595. The van der Waals surface area contributed by atoms with Crippen LogP contribution in [0.4, 0.5) is 9.59 Å². The number of nitrogens with one attached hydrogen (secondary N) is 2. The van der Waals surface area contributed by atoms with Gasteiger partial charge in [0.15, 0.2) is 0 Å². The summed E-state index contributed by atoms with van der Waals surface area (Å²) >= 11 is 0. The smallest absolute Gasteiger partial charge is 0.408 e. The molecule has 9 heteroatoms. The summed E-state index contributed by atoms with van der Waals surface area (Å²) in [6.07, 6.45) is -1.16. The van der Waals surface area contributed by atoms with Crippen LogP contribution >= 0.6 is 0 Å². The zero-order valence-corrected chi connectivity index (χ0v) is 13.0. The van der Waals surface area contributed by atoms with Crippen molar-refractivity contribution in [2.45, 2.75) is 31.5 Å². The maximum Gasteiger partial charge on any atom is 0.408 e. The Morgan fingerprint density at radius 2 is 1.96 bits per heavy atom. The molecular weight excluding hydrogens is 316 g/mol. The Morgan fingerprint density at radius 3 is 2.58 bits per heavy atom. The lowest BCUT2D eigenvalue weighted by atomic mass is 9.98. The summed E-state index contributed by atoms with van der Waals surface area (Å²) in [5.41, 5.74) is 2.81. The number of hydrogen-bond acceptors (Lipinski definition) is 5. The van der Waals surface area contributed by atoms with Gasteiger partial charge in [-0.25, -0.2) is 15.4 Å². The molecular formula is C15H20N4O5. The van der Waals surface area contributed by atoms with Gasteiger partial charge in [0.1, 0.15) is 12.6 Å². The minimum absolute atomic E-state index is 0.00609. The number of hydrazine groups is 1. The van der Waals surface area contributed by atoms with Crippen molar-refractivity contribution < 1.29 is 24.2 Å². The third kappa shape index (κ3) is 4.59. The second-order valence-corrected chi connectivity index (χ2v) is 5.44. The maximum absolute atomic E-state index is 11.8. The van der Waals surface area contributed by atoms with E-state index in [-0.39, 0.29) is 19.6 Å². The molecule has 1 aliphatic heterocycles. The SMILES string of the molecule is NNC(=O)[C@H]1CC[C@H](NC(=O)OCc2ccccc2)CN1C(=O)O. The lowest BCUT2D eigenvalue weighted by Crippen LogP contribution is -2.58. The van der Waals surface area contributed by atoms with Crippen molar-refractivity contribution in [3.63, 3.8) is 0 Å². The van der Waals surface area contributed by atoms with E-state index in [9.17, 15) is 19.5 Å². The van der Waals surface area contributed by atoms with Gasteiger partial charge in [0.25, 0.3) is 5.91 Å². The molecule has 0 saturated carbocycles. The molecule has 1 saturated heterocycles. The van der Waals surface area contributed by atoms with Crippen LogP contribution in [0.1, 0.15) is 18.4 Å². The average molecular weight is 336 g/mol. The Morgan fingerprint density at radius 1 is 1.25 bits per heavy atom. The fourth-order valence-electron chi connectivity index (χ4n) is 2.60. The molecule has 0 spiro atoms. The molecule has 5 N–H and O–H groups in total. The zero-order chi connectivity index (χ0) is 17.5. The first kappa shape index (κ1) is 17.5. The van der Waals surface area contributed by atoms with E-state index < -0.39 is 30.2 Å². The van der Waals surface area contributed by atoms with Crippen molar-refractivity contribution in [1.29, 1.82) is 0 Å². The van der Waals surface area contributed by atoms with Crippen molar-refractivity contribution in [3.05, 3.63) is 35.9 Å². The number of alkyl carbamates (subject to hydrolysis) is 1. The number of carboxylic acid groups (broad SMARTS) is 1. The second kappa shape index (κ2) is 8.16. The van der Waals surface area contributed by atoms with Gasteiger partial charge < -0.3 is 15.2 Å². The normalized spacial score (nSPS) is 20.1. The van der Waals surface area contributed by atoms with Gasteiger partial charge in [-0.05, 0) is 18.4 Å². The van der Waals surface area contributed by atoms with Crippen LogP contribution in [-0.4, -0.2) is 46.7 Å². The van der Waals surface area contributed by atoms with Crippen LogP contribution in [0.2, 0.25) is 0 Å². The van der Waals surface area contributed by atoms with E-state index in [4.69, 9.17) is 10.6 Å². The molecule has 0 radical (unpaired) electrons. The Labute approximate surface area is 138 Å². The first-order valence-corrected chi connectivity index (χ1v) is 7.48. The van der Waals surface area contributed by atoms with Gasteiger partial charge in [0, 0.05) is 6.54 Å². The first-order valence-electron chi connectivity index (χ1n) is 7.48. The van der Waals surface area contributed by atoms with Crippen LogP contribution in [0.5, 0.6) is 0 Å². The van der Waals surface area contributed by atoms with Crippen LogP contribution in [0.3, 0.4) is 0 Å². The number of piperidine rings is 1. The standard InChI is InChI=1S/C15H20N4O5/c16-18-13(20)12-7-6-11(8-19(12)15(22)23)17-14(21)24-9-10-4-2-1-3-5-10/h1-5,11-12H,6-9,16H2,(H,17,21)(H,18,20)(H,22,23)/t11-,12+/m0/s1. The van der Waals surface area contributed by atoms with E-state index in [0.29, 0.717) is 6.42 Å². The number of hydrogen-bond donors (Lipinski definition) is 4. The Balaban J connectivity index is 1.85. The molecule has 1 aromatic carbocycles. The lowest BCUT2D eigenvalue weighted by Gasteiger charge is -2.36. The highest BCUT2D eigenvalue weighted by Crippen LogP contribution is 2.18. The van der Waals surface area contributed by atoms with Crippen molar-refractivity contribution in [3.8, 4) is 0 Å². The predicted octanol–water partition coefficient (Wildman–Crippen LogP) is 0.414. The van der Waals surface area contributed by atoms with Crippen LogP contribution in [0, 0.1) is 0 Å². The van der Waals surface area contributed by atoms with Crippen molar-refractivity contribution in [2.24, 2.45) is 5.84 Å².